The Morgan fingerprint density at radius 2 is 1.72 bits per heavy atom. The zero-order chi connectivity index (χ0) is 20.1. The number of hydrogen-bond acceptors (Lipinski definition) is 4. The second kappa shape index (κ2) is 7.28. The van der Waals surface area contributed by atoms with E-state index in [9.17, 15) is 9.90 Å². The Morgan fingerprint density at radius 3 is 2.31 bits per heavy atom. The average Bonchev–Trinajstić information content (AvgIpc) is 2.67. The highest BCUT2D eigenvalue weighted by Crippen LogP contribution is 2.62. The van der Waals surface area contributed by atoms with Gasteiger partial charge in [-0.15, -0.1) is 0 Å². The number of benzene rings is 1. The Labute approximate surface area is 174 Å². The average molecular weight is 399 g/mol. The van der Waals surface area contributed by atoms with Crippen LogP contribution in [0.1, 0.15) is 50.5 Å². The molecule has 5 fully saturated rings. The number of ether oxygens (including phenoxy) is 1. The second-order valence-corrected chi connectivity index (χ2v) is 10.4. The van der Waals surface area contributed by atoms with Gasteiger partial charge in [0, 0.05) is 39.1 Å². The number of carbonyl (C=O) groups is 1. The summed E-state index contributed by atoms with van der Waals surface area (Å²) in [5, 5.41) is 11.0. The maximum atomic E-state index is 13.1. The van der Waals surface area contributed by atoms with Crippen molar-refractivity contribution >= 4 is 5.91 Å². The Bertz CT molecular complexity index is 740. The number of piperazine rings is 1. The SMILES string of the molecule is COc1ccc(CN2CCN(C(=O)CC34C[C@@H]5C[C@@H](CC(O)(C5)C3)C4)CC2)cc1. The fourth-order valence-corrected chi connectivity index (χ4v) is 7.19. The fraction of sp³-hybridized carbons (Fsp3) is 0.708. The molecule has 6 rings (SSSR count). The maximum Gasteiger partial charge on any atom is 0.223 e. The lowest BCUT2D eigenvalue weighted by Crippen LogP contribution is -2.57. The summed E-state index contributed by atoms with van der Waals surface area (Å²) in [4.78, 5) is 17.6. The third-order valence-corrected chi connectivity index (χ3v) is 7.97. The Hall–Kier alpha value is -1.59. The predicted molar refractivity (Wildman–Crippen MR) is 112 cm³/mol. The maximum absolute atomic E-state index is 13.1. The number of rotatable bonds is 5. The predicted octanol–water partition coefficient (Wildman–Crippen LogP) is 3.06. The first-order valence-electron chi connectivity index (χ1n) is 11.3. The summed E-state index contributed by atoms with van der Waals surface area (Å²) in [6.45, 7) is 4.43. The number of nitrogens with zero attached hydrogens (tertiary/aromatic N) is 2. The van der Waals surface area contributed by atoms with Crippen molar-refractivity contribution in [3.05, 3.63) is 29.8 Å². The molecule has 4 saturated carbocycles. The number of methoxy groups -OCH3 is 1. The Morgan fingerprint density at radius 1 is 1.07 bits per heavy atom. The largest absolute Gasteiger partial charge is 0.497 e. The summed E-state index contributed by atoms with van der Waals surface area (Å²) >= 11 is 0. The van der Waals surface area contributed by atoms with Crippen molar-refractivity contribution in [2.24, 2.45) is 17.3 Å². The van der Waals surface area contributed by atoms with Gasteiger partial charge < -0.3 is 14.7 Å². The van der Waals surface area contributed by atoms with E-state index in [1.807, 2.05) is 12.1 Å². The van der Waals surface area contributed by atoms with Gasteiger partial charge in [-0.3, -0.25) is 9.69 Å². The number of carbonyl (C=O) groups excluding carboxylic acids is 1. The molecule has 0 aromatic heterocycles. The molecule has 0 radical (unpaired) electrons. The first kappa shape index (κ1) is 19.4. The van der Waals surface area contributed by atoms with Crippen molar-refractivity contribution in [3.63, 3.8) is 0 Å². The van der Waals surface area contributed by atoms with Gasteiger partial charge in [-0.05, 0) is 73.5 Å². The number of hydrogen-bond donors (Lipinski definition) is 1. The normalized spacial score (nSPS) is 36.4. The van der Waals surface area contributed by atoms with Crippen LogP contribution in [-0.4, -0.2) is 59.7 Å². The molecule has 5 heteroatoms. The monoisotopic (exact) mass is 398 g/mol. The van der Waals surface area contributed by atoms with Gasteiger partial charge >= 0.3 is 0 Å². The summed E-state index contributed by atoms with van der Waals surface area (Å²) in [5.74, 6) is 2.50. The molecule has 1 aromatic carbocycles. The van der Waals surface area contributed by atoms with Crippen LogP contribution >= 0.6 is 0 Å². The molecule has 1 amide bonds. The fourth-order valence-electron chi connectivity index (χ4n) is 7.19. The highest BCUT2D eigenvalue weighted by atomic mass is 16.5. The van der Waals surface area contributed by atoms with E-state index in [0.29, 0.717) is 24.2 Å². The Kier molecular flexibility index (Phi) is 4.86. The van der Waals surface area contributed by atoms with E-state index in [0.717, 1.165) is 70.6 Å². The first-order valence-corrected chi connectivity index (χ1v) is 11.3. The van der Waals surface area contributed by atoms with E-state index in [4.69, 9.17) is 4.74 Å². The van der Waals surface area contributed by atoms with Crippen LogP contribution < -0.4 is 4.74 Å². The molecule has 4 atom stereocenters. The molecule has 5 nitrogen and oxygen atoms in total. The van der Waals surface area contributed by atoms with Crippen LogP contribution in [-0.2, 0) is 11.3 Å². The molecule has 1 aromatic rings. The number of aliphatic hydroxyl groups is 1. The molecule has 4 aliphatic carbocycles. The molecule has 4 bridgehead atoms. The van der Waals surface area contributed by atoms with E-state index in [-0.39, 0.29) is 5.41 Å². The minimum Gasteiger partial charge on any atom is -0.497 e. The van der Waals surface area contributed by atoms with Crippen LogP contribution in [0, 0.1) is 17.3 Å². The van der Waals surface area contributed by atoms with Crippen molar-refractivity contribution in [2.75, 3.05) is 33.3 Å². The van der Waals surface area contributed by atoms with E-state index < -0.39 is 5.60 Å². The highest BCUT2D eigenvalue weighted by molar-refractivity contribution is 5.77. The van der Waals surface area contributed by atoms with Gasteiger partial charge in [0.1, 0.15) is 5.75 Å². The molecule has 158 valence electrons. The van der Waals surface area contributed by atoms with Crippen molar-refractivity contribution in [1.82, 2.24) is 9.80 Å². The van der Waals surface area contributed by atoms with E-state index in [1.54, 1.807) is 7.11 Å². The quantitative estimate of drug-likeness (QED) is 0.828. The molecular formula is C24H34N2O3. The lowest BCUT2D eigenvalue weighted by atomic mass is 9.47. The van der Waals surface area contributed by atoms with Crippen LogP contribution in [0.15, 0.2) is 24.3 Å². The van der Waals surface area contributed by atoms with E-state index in [1.165, 1.54) is 12.0 Å². The summed E-state index contributed by atoms with van der Waals surface area (Å²) in [6.07, 6.45) is 7.07. The highest BCUT2D eigenvalue weighted by Gasteiger charge is 2.57. The summed E-state index contributed by atoms with van der Waals surface area (Å²) < 4.78 is 5.23. The Balaban J connectivity index is 1.15. The van der Waals surface area contributed by atoms with Crippen molar-refractivity contribution in [3.8, 4) is 5.75 Å². The van der Waals surface area contributed by atoms with Gasteiger partial charge in [0.2, 0.25) is 5.91 Å². The zero-order valence-electron chi connectivity index (χ0n) is 17.6. The minimum atomic E-state index is -0.471. The molecule has 1 N–H and O–H groups in total. The van der Waals surface area contributed by atoms with Crippen LogP contribution in [0.2, 0.25) is 0 Å². The minimum absolute atomic E-state index is 0.0795. The van der Waals surface area contributed by atoms with Crippen LogP contribution in [0.5, 0.6) is 5.75 Å². The standard InChI is InChI=1S/C24H34N2O3/c1-29-21-4-2-18(3-5-21)16-25-6-8-26(9-7-25)22(27)15-23-11-19-10-20(12-23)14-24(28,13-19)17-23/h2-5,19-20,28H,6-17H2,1H3/t19-,20+,23?,24?. The zero-order valence-corrected chi connectivity index (χ0v) is 17.6. The molecule has 1 heterocycles. The van der Waals surface area contributed by atoms with Crippen LogP contribution in [0.3, 0.4) is 0 Å². The third-order valence-electron chi connectivity index (χ3n) is 7.97. The molecule has 1 aliphatic heterocycles. The molecular weight excluding hydrogens is 364 g/mol. The van der Waals surface area contributed by atoms with Gasteiger partial charge in [0.15, 0.2) is 0 Å². The van der Waals surface area contributed by atoms with Gasteiger partial charge in [0.25, 0.3) is 0 Å². The van der Waals surface area contributed by atoms with Crippen LogP contribution in [0.4, 0.5) is 0 Å². The molecule has 2 unspecified atom stereocenters. The smallest absolute Gasteiger partial charge is 0.223 e. The van der Waals surface area contributed by atoms with Crippen molar-refractivity contribution in [2.45, 2.75) is 57.1 Å². The second-order valence-electron chi connectivity index (χ2n) is 10.4. The van der Waals surface area contributed by atoms with Crippen molar-refractivity contribution in [1.29, 1.82) is 0 Å². The lowest BCUT2D eigenvalue weighted by Gasteiger charge is -2.60. The number of amides is 1. The molecule has 5 aliphatic rings. The van der Waals surface area contributed by atoms with E-state index in [2.05, 4.69) is 21.9 Å². The molecule has 1 saturated heterocycles. The molecule has 29 heavy (non-hydrogen) atoms. The lowest BCUT2D eigenvalue weighted by molar-refractivity contribution is -0.172. The van der Waals surface area contributed by atoms with E-state index >= 15 is 0 Å². The first-order chi connectivity index (χ1) is 13.9. The third kappa shape index (κ3) is 3.91. The van der Waals surface area contributed by atoms with Gasteiger partial charge in [-0.2, -0.15) is 0 Å². The molecule has 0 spiro atoms. The van der Waals surface area contributed by atoms with Crippen molar-refractivity contribution < 1.29 is 14.6 Å². The summed E-state index contributed by atoms with van der Waals surface area (Å²) in [7, 11) is 1.69. The van der Waals surface area contributed by atoms with Gasteiger partial charge in [0.05, 0.1) is 12.7 Å². The summed E-state index contributed by atoms with van der Waals surface area (Å²) in [5.41, 5.74) is 0.893. The van der Waals surface area contributed by atoms with Gasteiger partial charge in [-0.1, -0.05) is 12.1 Å². The van der Waals surface area contributed by atoms with Gasteiger partial charge in [-0.25, -0.2) is 0 Å². The topological polar surface area (TPSA) is 53.0 Å². The summed E-state index contributed by atoms with van der Waals surface area (Å²) in [6, 6.07) is 8.26. The van der Waals surface area contributed by atoms with Crippen LogP contribution in [0.25, 0.3) is 0 Å².